The molecule has 2 unspecified atom stereocenters. The molecule has 1 saturated heterocycles. The van der Waals surface area contributed by atoms with Crippen LogP contribution in [0.2, 0.25) is 0 Å². The van der Waals surface area contributed by atoms with Gasteiger partial charge in [-0.1, -0.05) is 13.8 Å². The summed E-state index contributed by atoms with van der Waals surface area (Å²) in [6.07, 6.45) is 0.780. The zero-order valence-electron chi connectivity index (χ0n) is 13.2. The van der Waals surface area contributed by atoms with Crippen molar-refractivity contribution in [3.8, 4) is 0 Å². The number of nitrogens with one attached hydrogen (secondary N) is 1. The van der Waals surface area contributed by atoms with Crippen molar-refractivity contribution in [2.24, 2.45) is 16.2 Å². The summed E-state index contributed by atoms with van der Waals surface area (Å²) >= 11 is 2.18. The standard InChI is InChI=1S/C17H18INO4/c1-15(2)16(3)8-9-17(15,14(22)23-13(16)21)12(20)19-11-6-4-10(18)5-7-11/h4-7H,8-9H2,1-3H3,(H,19,20). The van der Waals surface area contributed by atoms with Crippen molar-refractivity contribution in [2.75, 3.05) is 5.32 Å². The second-order valence-corrected chi connectivity index (χ2v) is 8.25. The SMILES string of the molecule is CC12CCC(C(=O)Nc3ccc(I)cc3)(C(=O)OC1=O)C2(C)C. The number of amides is 1. The van der Waals surface area contributed by atoms with Crippen LogP contribution >= 0.6 is 22.6 Å². The lowest BCUT2D eigenvalue weighted by Gasteiger charge is -2.48. The molecular weight excluding hydrogens is 409 g/mol. The Morgan fingerprint density at radius 1 is 1.09 bits per heavy atom. The van der Waals surface area contributed by atoms with Crippen molar-refractivity contribution < 1.29 is 19.1 Å². The molecule has 6 heteroatoms. The Kier molecular flexibility index (Phi) is 3.59. The number of fused-ring (bicyclic) bond motifs is 2. The number of hydrogen-bond acceptors (Lipinski definition) is 4. The lowest BCUT2D eigenvalue weighted by molar-refractivity contribution is -0.195. The zero-order valence-corrected chi connectivity index (χ0v) is 15.4. The highest BCUT2D eigenvalue weighted by Gasteiger charge is 2.75. The van der Waals surface area contributed by atoms with E-state index in [2.05, 4.69) is 27.9 Å². The number of ether oxygens (including phenoxy) is 1. The minimum absolute atomic E-state index is 0.317. The van der Waals surface area contributed by atoms with Crippen molar-refractivity contribution in [1.82, 2.24) is 0 Å². The van der Waals surface area contributed by atoms with E-state index in [1.165, 1.54) is 0 Å². The smallest absolute Gasteiger partial charge is 0.329 e. The Hall–Kier alpha value is -1.44. The van der Waals surface area contributed by atoms with Crippen LogP contribution in [0.4, 0.5) is 5.69 Å². The summed E-state index contributed by atoms with van der Waals surface area (Å²) in [5, 5.41) is 2.82. The summed E-state index contributed by atoms with van der Waals surface area (Å²) in [6, 6.07) is 7.33. The van der Waals surface area contributed by atoms with Crippen molar-refractivity contribution in [3.05, 3.63) is 27.8 Å². The molecule has 0 spiro atoms. The molecule has 2 bridgehead atoms. The summed E-state index contributed by atoms with van der Waals surface area (Å²) in [4.78, 5) is 37.7. The molecule has 5 nitrogen and oxygen atoms in total. The van der Waals surface area contributed by atoms with Crippen LogP contribution in [0.3, 0.4) is 0 Å². The lowest BCUT2D eigenvalue weighted by Crippen LogP contribution is -2.60. The third-order valence-electron chi connectivity index (χ3n) is 5.92. The molecule has 122 valence electrons. The Bertz CT molecular complexity index is 712. The van der Waals surface area contributed by atoms with Gasteiger partial charge < -0.3 is 10.1 Å². The molecule has 1 aromatic rings. The lowest BCUT2D eigenvalue weighted by atomic mass is 9.57. The largest absolute Gasteiger partial charge is 0.392 e. The minimum Gasteiger partial charge on any atom is -0.392 e. The molecule has 1 amide bonds. The first kappa shape index (κ1) is 16.4. The predicted octanol–water partition coefficient (Wildman–Crippen LogP) is 3.13. The number of halogens is 1. The van der Waals surface area contributed by atoms with Gasteiger partial charge in [-0.05, 0) is 66.6 Å². The number of esters is 2. The van der Waals surface area contributed by atoms with Crippen molar-refractivity contribution in [3.63, 3.8) is 0 Å². The van der Waals surface area contributed by atoms with E-state index in [1.807, 2.05) is 26.0 Å². The third-order valence-corrected chi connectivity index (χ3v) is 6.64. The average Bonchev–Trinajstić information content (AvgIpc) is 2.63. The van der Waals surface area contributed by atoms with E-state index in [0.29, 0.717) is 18.5 Å². The molecule has 0 aromatic heterocycles. The number of cyclic esters (lactones) is 2. The summed E-state index contributed by atoms with van der Waals surface area (Å²) in [5.41, 5.74) is -2.35. The topological polar surface area (TPSA) is 72.5 Å². The molecule has 0 radical (unpaired) electrons. The van der Waals surface area contributed by atoms with Crippen LogP contribution in [-0.2, 0) is 19.1 Å². The van der Waals surface area contributed by atoms with Crippen LogP contribution in [0.1, 0.15) is 33.6 Å². The van der Waals surface area contributed by atoms with Crippen LogP contribution in [0.5, 0.6) is 0 Å². The molecule has 1 aromatic carbocycles. The van der Waals surface area contributed by atoms with Crippen molar-refractivity contribution >= 4 is 46.1 Å². The van der Waals surface area contributed by atoms with Crippen LogP contribution in [-0.4, -0.2) is 17.8 Å². The number of carbonyl (C=O) groups excluding carboxylic acids is 3. The van der Waals surface area contributed by atoms with Gasteiger partial charge in [0.1, 0.15) is 0 Å². The molecule has 1 saturated carbocycles. The summed E-state index contributed by atoms with van der Waals surface area (Å²) in [5.74, 6) is -1.65. The van der Waals surface area contributed by atoms with Gasteiger partial charge in [-0.15, -0.1) is 0 Å². The Morgan fingerprint density at radius 2 is 1.70 bits per heavy atom. The first-order chi connectivity index (χ1) is 10.6. The van der Waals surface area contributed by atoms with Crippen LogP contribution in [0, 0.1) is 19.8 Å². The second-order valence-electron chi connectivity index (χ2n) is 7.00. The van der Waals surface area contributed by atoms with Gasteiger partial charge >= 0.3 is 11.9 Å². The van der Waals surface area contributed by atoms with Crippen molar-refractivity contribution in [1.29, 1.82) is 0 Å². The predicted molar refractivity (Wildman–Crippen MR) is 92.4 cm³/mol. The first-order valence-corrected chi connectivity index (χ1v) is 8.57. The van der Waals surface area contributed by atoms with Gasteiger partial charge in [0.25, 0.3) is 0 Å². The van der Waals surface area contributed by atoms with E-state index in [9.17, 15) is 14.4 Å². The fraction of sp³-hybridized carbons (Fsp3) is 0.471. The van der Waals surface area contributed by atoms with Gasteiger partial charge in [-0.3, -0.25) is 14.4 Å². The van der Waals surface area contributed by atoms with Gasteiger partial charge in [-0.2, -0.15) is 0 Å². The number of carbonyl (C=O) groups is 3. The number of rotatable bonds is 2. The molecule has 2 aliphatic rings. The maximum atomic E-state index is 13.0. The molecule has 2 atom stereocenters. The summed E-state index contributed by atoms with van der Waals surface area (Å²) in [7, 11) is 0. The second kappa shape index (κ2) is 5.03. The molecule has 3 rings (SSSR count). The van der Waals surface area contributed by atoms with E-state index in [1.54, 1.807) is 19.1 Å². The highest BCUT2D eigenvalue weighted by molar-refractivity contribution is 14.1. The third kappa shape index (κ3) is 2.00. The molecule has 1 aliphatic carbocycles. The van der Waals surface area contributed by atoms with Crippen molar-refractivity contribution in [2.45, 2.75) is 33.6 Å². The number of anilines is 1. The van der Waals surface area contributed by atoms with E-state index in [0.717, 1.165) is 3.57 Å². The highest BCUT2D eigenvalue weighted by Crippen LogP contribution is 2.66. The zero-order chi connectivity index (χ0) is 17.0. The Labute approximate surface area is 148 Å². The number of benzene rings is 1. The van der Waals surface area contributed by atoms with Crippen LogP contribution in [0.15, 0.2) is 24.3 Å². The molecule has 1 aliphatic heterocycles. The molecule has 1 N–H and O–H groups in total. The maximum absolute atomic E-state index is 13.0. The summed E-state index contributed by atoms with van der Waals surface area (Å²) in [6.45, 7) is 5.40. The fourth-order valence-corrected chi connectivity index (χ4v) is 4.15. The normalized spacial score (nSPS) is 31.7. The maximum Gasteiger partial charge on any atom is 0.329 e. The average molecular weight is 427 g/mol. The van der Waals surface area contributed by atoms with E-state index in [4.69, 9.17) is 4.74 Å². The van der Waals surface area contributed by atoms with Gasteiger partial charge in [0, 0.05) is 14.7 Å². The van der Waals surface area contributed by atoms with E-state index in [-0.39, 0.29) is 0 Å². The molecule has 1 heterocycles. The highest BCUT2D eigenvalue weighted by atomic mass is 127. The van der Waals surface area contributed by atoms with Gasteiger partial charge in [0.05, 0.1) is 5.41 Å². The minimum atomic E-state index is -1.33. The van der Waals surface area contributed by atoms with Gasteiger partial charge in [0.15, 0.2) is 5.41 Å². The Morgan fingerprint density at radius 3 is 2.30 bits per heavy atom. The number of hydrogen-bond donors (Lipinski definition) is 1. The van der Waals surface area contributed by atoms with Crippen LogP contribution < -0.4 is 5.32 Å². The molecular formula is C17H18INO4. The molecule has 2 fully saturated rings. The quantitative estimate of drug-likeness (QED) is 0.447. The molecule has 23 heavy (non-hydrogen) atoms. The summed E-state index contributed by atoms with van der Waals surface area (Å²) < 4.78 is 6.00. The van der Waals surface area contributed by atoms with Crippen LogP contribution in [0.25, 0.3) is 0 Å². The fourth-order valence-electron chi connectivity index (χ4n) is 3.79. The van der Waals surface area contributed by atoms with E-state index < -0.39 is 34.1 Å². The van der Waals surface area contributed by atoms with Gasteiger partial charge in [0.2, 0.25) is 5.91 Å². The first-order valence-electron chi connectivity index (χ1n) is 7.49. The van der Waals surface area contributed by atoms with Gasteiger partial charge in [-0.25, -0.2) is 0 Å². The Balaban J connectivity index is 1.99. The van der Waals surface area contributed by atoms with E-state index >= 15 is 0 Å². The monoisotopic (exact) mass is 427 g/mol.